The second-order valence-corrected chi connectivity index (χ2v) is 2.86. The van der Waals surface area contributed by atoms with Crippen LogP contribution in [0.4, 0.5) is 10.2 Å². The summed E-state index contributed by atoms with van der Waals surface area (Å²) in [4.78, 5) is 16.1. The van der Waals surface area contributed by atoms with E-state index in [0.717, 1.165) is 6.20 Å². The molecule has 0 aliphatic heterocycles. The number of nitrogens with zero attached hydrogens (tertiary/aromatic N) is 3. The van der Waals surface area contributed by atoms with Crippen molar-refractivity contribution in [1.82, 2.24) is 9.97 Å². The summed E-state index contributed by atoms with van der Waals surface area (Å²) in [6.45, 7) is 0.177. The van der Waals surface area contributed by atoms with Crippen molar-refractivity contribution < 1.29 is 8.81 Å². The Kier molecular flexibility index (Phi) is 2.86. The van der Waals surface area contributed by atoms with Crippen molar-refractivity contribution in [3.8, 4) is 0 Å². The van der Waals surface area contributed by atoms with Crippen LogP contribution in [0.3, 0.4) is 0 Å². The minimum absolute atomic E-state index is 0.177. The Hall–Kier alpha value is -2.31. The summed E-state index contributed by atoms with van der Waals surface area (Å²) in [5.41, 5.74) is -0.673. The topological polar surface area (TPSA) is 83.6 Å². The van der Waals surface area contributed by atoms with Crippen LogP contribution in [0.2, 0.25) is 0 Å². The van der Waals surface area contributed by atoms with Crippen LogP contribution < -0.4 is 5.69 Å². The second-order valence-electron chi connectivity index (χ2n) is 2.86. The van der Waals surface area contributed by atoms with Crippen molar-refractivity contribution >= 4 is 5.82 Å². The van der Waals surface area contributed by atoms with Gasteiger partial charge < -0.3 is 4.42 Å². The van der Waals surface area contributed by atoms with Gasteiger partial charge >= 0.3 is 5.69 Å². The quantitative estimate of drug-likeness (QED) is 0.803. The number of halogens is 1. The molecule has 0 atom stereocenters. The maximum atomic E-state index is 13.0. The number of aromatic amines is 1. The standard InChI is InChI=1S/C9H7FN4O2/c10-7-5-11-9(15)13-8(7)14-12-4-6-2-1-3-16-6/h1-3,5H,4H2,(H,11,13,15). The first-order valence-corrected chi connectivity index (χ1v) is 4.40. The zero-order valence-electron chi connectivity index (χ0n) is 8.05. The highest BCUT2D eigenvalue weighted by Crippen LogP contribution is 2.11. The van der Waals surface area contributed by atoms with Crippen LogP contribution in [0.15, 0.2) is 44.0 Å². The van der Waals surface area contributed by atoms with Gasteiger partial charge in [0.05, 0.1) is 12.5 Å². The minimum atomic E-state index is -0.734. The molecule has 0 amide bonds. The zero-order valence-corrected chi connectivity index (χ0v) is 8.05. The largest absolute Gasteiger partial charge is 0.467 e. The van der Waals surface area contributed by atoms with Crippen molar-refractivity contribution in [1.29, 1.82) is 0 Å². The molecule has 0 bridgehead atoms. The van der Waals surface area contributed by atoms with Crippen LogP contribution in [0, 0.1) is 5.82 Å². The number of hydrogen-bond donors (Lipinski definition) is 1. The summed E-state index contributed by atoms with van der Waals surface area (Å²) in [6.07, 6.45) is 2.29. The molecule has 0 aliphatic rings. The molecule has 16 heavy (non-hydrogen) atoms. The van der Waals surface area contributed by atoms with Crippen molar-refractivity contribution in [2.75, 3.05) is 0 Å². The molecule has 0 radical (unpaired) electrons. The predicted octanol–water partition coefficient (Wildman–Crippen LogP) is 1.79. The molecule has 2 rings (SSSR count). The number of rotatable bonds is 3. The lowest BCUT2D eigenvalue weighted by Crippen LogP contribution is -2.09. The number of aromatic nitrogens is 2. The molecule has 7 heteroatoms. The van der Waals surface area contributed by atoms with Crippen molar-refractivity contribution in [3.63, 3.8) is 0 Å². The fraction of sp³-hybridized carbons (Fsp3) is 0.111. The van der Waals surface area contributed by atoms with Gasteiger partial charge in [-0.2, -0.15) is 10.1 Å². The third-order valence-electron chi connectivity index (χ3n) is 1.72. The molecular weight excluding hydrogens is 215 g/mol. The lowest BCUT2D eigenvalue weighted by Gasteiger charge is -1.92. The van der Waals surface area contributed by atoms with E-state index in [-0.39, 0.29) is 12.4 Å². The lowest BCUT2D eigenvalue weighted by molar-refractivity contribution is 0.508. The molecule has 82 valence electrons. The van der Waals surface area contributed by atoms with Gasteiger partial charge in [-0.15, -0.1) is 5.11 Å². The molecule has 2 aromatic heterocycles. The van der Waals surface area contributed by atoms with Crippen LogP contribution in [0.1, 0.15) is 5.76 Å². The van der Waals surface area contributed by atoms with E-state index in [1.807, 2.05) is 0 Å². The molecule has 2 heterocycles. The van der Waals surface area contributed by atoms with Gasteiger partial charge in [0, 0.05) is 0 Å². The Morgan fingerprint density at radius 3 is 3.19 bits per heavy atom. The molecule has 2 aromatic rings. The minimum Gasteiger partial charge on any atom is -0.467 e. The lowest BCUT2D eigenvalue weighted by atomic mass is 10.5. The molecule has 0 saturated heterocycles. The molecule has 0 spiro atoms. The van der Waals surface area contributed by atoms with E-state index in [1.54, 1.807) is 12.1 Å². The van der Waals surface area contributed by atoms with Crippen molar-refractivity contribution in [2.45, 2.75) is 6.54 Å². The summed E-state index contributed by atoms with van der Waals surface area (Å²) in [7, 11) is 0. The van der Waals surface area contributed by atoms with Crippen molar-refractivity contribution in [2.24, 2.45) is 10.2 Å². The molecule has 0 fully saturated rings. The van der Waals surface area contributed by atoms with E-state index in [1.165, 1.54) is 6.26 Å². The first-order chi connectivity index (χ1) is 7.75. The average molecular weight is 222 g/mol. The maximum Gasteiger partial charge on any atom is 0.346 e. The Balaban J connectivity index is 2.11. The van der Waals surface area contributed by atoms with Gasteiger partial charge in [0.1, 0.15) is 12.3 Å². The number of furan rings is 1. The first kappa shape index (κ1) is 10.2. The summed E-state index contributed by atoms with van der Waals surface area (Å²) in [5.74, 6) is -0.380. The van der Waals surface area contributed by atoms with E-state index in [9.17, 15) is 9.18 Å². The fourth-order valence-electron chi connectivity index (χ4n) is 1.02. The third-order valence-corrected chi connectivity index (χ3v) is 1.72. The monoisotopic (exact) mass is 222 g/mol. The van der Waals surface area contributed by atoms with Crippen LogP contribution in [0.5, 0.6) is 0 Å². The highest BCUT2D eigenvalue weighted by atomic mass is 19.1. The predicted molar refractivity (Wildman–Crippen MR) is 51.7 cm³/mol. The molecular formula is C9H7FN4O2. The summed E-state index contributed by atoms with van der Waals surface area (Å²) < 4.78 is 18.0. The number of hydrogen-bond acceptors (Lipinski definition) is 5. The van der Waals surface area contributed by atoms with E-state index in [4.69, 9.17) is 4.42 Å². The molecule has 0 aliphatic carbocycles. The maximum absolute atomic E-state index is 13.0. The smallest absolute Gasteiger partial charge is 0.346 e. The third kappa shape index (κ3) is 2.38. The normalized spacial score (nSPS) is 11.1. The highest BCUT2D eigenvalue weighted by molar-refractivity contribution is 5.24. The summed E-state index contributed by atoms with van der Waals surface area (Å²) >= 11 is 0. The Morgan fingerprint density at radius 1 is 1.56 bits per heavy atom. The molecule has 0 unspecified atom stereocenters. The van der Waals surface area contributed by atoms with Gasteiger partial charge in [-0.1, -0.05) is 0 Å². The van der Waals surface area contributed by atoms with Gasteiger partial charge in [-0.25, -0.2) is 9.18 Å². The van der Waals surface area contributed by atoms with E-state index in [0.29, 0.717) is 5.76 Å². The number of azo groups is 1. The highest BCUT2D eigenvalue weighted by Gasteiger charge is 2.01. The first-order valence-electron chi connectivity index (χ1n) is 4.40. The average Bonchev–Trinajstić information content (AvgIpc) is 2.76. The van der Waals surface area contributed by atoms with Crippen LogP contribution in [-0.4, -0.2) is 9.97 Å². The van der Waals surface area contributed by atoms with E-state index >= 15 is 0 Å². The van der Waals surface area contributed by atoms with E-state index < -0.39 is 11.5 Å². The van der Waals surface area contributed by atoms with Crippen molar-refractivity contribution in [3.05, 3.63) is 46.7 Å². The Morgan fingerprint density at radius 2 is 2.44 bits per heavy atom. The van der Waals surface area contributed by atoms with Gasteiger partial charge in [-0.05, 0) is 12.1 Å². The molecule has 0 saturated carbocycles. The van der Waals surface area contributed by atoms with E-state index in [2.05, 4.69) is 20.2 Å². The second kappa shape index (κ2) is 4.47. The van der Waals surface area contributed by atoms with Crippen LogP contribution in [0.25, 0.3) is 0 Å². The van der Waals surface area contributed by atoms with Crippen LogP contribution >= 0.6 is 0 Å². The summed E-state index contributed by atoms with van der Waals surface area (Å²) in [6, 6.07) is 3.42. The molecule has 1 N–H and O–H groups in total. The zero-order chi connectivity index (χ0) is 11.4. The van der Waals surface area contributed by atoms with Gasteiger partial charge in [0.25, 0.3) is 0 Å². The number of H-pyrrole nitrogens is 1. The Labute approximate surface area is 88.9 Å². The molecule has 0 aromatic carbocycles. The fourth-order valence-corrected chi connectivity index (χ4v) is 1.02. The Bertz CT molecular complexity index is 547. The SMILES string of the molecule is O=c1ncc(F)c(N=NCc2ccco2)[nH]1. The number of nitrogens with one attached hydrogen (secondary N) is 1. The molecule has 6 nitrogen and oxygen atoms in total. The van der Waals surface area contributed by atoms with Gasteiger partial charge in [0.15, 0.2) is 11.6 Å². The van der Waals surface area contributed by atoms with Crippen LogP contribution in [-0.2, 0) is 6.54 Å². The van der Waals surface area contributed by atoms with Gasteiger partial charge in [0.2, 0.25) is 0 Å². The summed E-state index contributed by atoms with van der Waals surface area (Å²) in [5, 5.41) is 7.22. The van der Waals surface area contributed by atoms with Gasteiger partial charge in [-0.3, -0.25) is 4.98 Å².